The van der Waals surface area contributed by atoms with E-state index in [9.17, 15) is 14.4 Å². The second-order valence-corrected chi connectivity index (χ2v) is 8.16. The van der Waals surface area contributed by atoms with Crippen molar-refractivity contribution in [3.8, 4) is 5.75 Å². The maximum Gasteiger partial charge on any atom is 0.331 e. The molecule has 0 bridgehead atoms. The highest BCUT2D eigenvalue weighted by molar-refractivity contribution is 5.82. The van der Waals surface area contributed by atoms with Crippen molar-refractivity contribution in [1.82, 2.24) is 14.0 Å². The number of likely N-dealkylation sites (tertiary alicyclic amines) is 1. The van der Waals surface area contributed by atoms with E-state index in [1.54, 1.807) is 38.3 Å². The Kier molecular flexibility index (Phi) is 6.44. The second-order valence-electron chi connectivity index (χ2n) is 8.16. The summed E-state index contributed by atoms with van der Waals surface area (Å²) in [4.78, 5) is 41.2. The number of para-hydroxylation sites is 1. The fraction of sp³-hybridized carbons (Fsp3) is 0.400. The summed E-state index contributed by atoms with van der Waals surface area (Å²) in [6, 6.07) is 14.8. The number of amides is 1. The zero-order chi connectivity index (χ0) is 22.7. The van der Waals surface area contributed by atoms with Gasteiger partial charge in [-0.15, -0.1) is 0 Å². The molecule has 0 aliphatic carbocycles. The van der Waals surface area contributed by atoms with Crippen LogP contribution in [0.5, 0.6) is 5.75 Å². The topological polar surface area (TPSA) is 73.5 Å². The lowest BCUT2D eigenvalue weighted by atomic mass is 10.0. The molecule has 168 valence electrons. The van der Waals surface area contributed by atoms with Crippen molar-refractivity contribution in [2.24, 2.45) is 0 Å². The molecule has 1 aliphatic rings. The first kappa shape index (κ1) is 21.9. The quantitative estimate of drug-likeness (QED) is 0.616. The molecule has 4 rings (SSSR count). The molecule has 1 amide bonds. The lowest BCUT2D eigenvalue weighted by Gasteiger charge is -2.31. The van der Waals surface area contributed by atoms with Crippen LogP contribution in [0.4, 0.5) is 0 Å². The monoisotopic (exact) mass is 435 g/mol. The maximum atomic E-state index is 13.6. The van der Waals surface area contributed by atoms with Crippen LogP contribution in [-0.2, 0) is 17.9 Å². The molecule has 0 N–H and O–H groups in total. The number of aromatic nitrogens is 2. The molecule has 7 nitrogen and oxygen atoms in total. The Balaban J connectivity index is 1.72. The van der Waals surface area contributed by atoms with Crippen LogP contribution in [0.15, 0.2) is 58.1 Å². The van der Waals surface area contributed by atoms with Gasteiger partial charge in [-0.25, -0.2) is 4.79 Å². The zero-order valence-corrected chi connectivity index (χ0v) is 18.6. The Morgan fingerprint density at radius 3 is 2.47 bits per heavy atom. The lowest BCUT2D eigenvalue weighted by Crippen LogP contribution is -2.44. The molecule has 0 radical (unpaired) electrons. The number of ether oxygens (including phenoxy) is 1. The van der Waals surface area contributed by atoms with Gasteiger partial charge < -0.3 is 9.64 Å². The summed E-state index contributed by atoms with van der Waals surface area (Å²) in [7, 11) is 1.63. The average Bonchev–Trinajstić information content (AvgIpc) is 3.08. The Bertz CT molecular complexity index is 1230. The Morgan fingerprint density at radius 1 is 1.00 bits per heavy atom. The highest BCUT2D eigenvalue weighted by Gasteiger charge is 2.28. The van der Waals surface area contributed by atoms with E-state index in [1.165, 1.54) is 9.13 Å². The molecule has 1 aromatic heterocycles. The highest BCUT2D eigenvalue weighted by Crippen LogP contribution is 2.31. The Labute approximate surface area is 186 Å². The second kappa shape index (κ2) is 9.42. The minimum absolute atomic E-state index is 0.0463. The van der Waals surface area contributed by atoms with Crippen LogP contribution in [-0.4, -0.2) is 33.6 Å². The van der Waals surface area contributed by atoms with E-state index in [0.29, 0.717) is 17.4 Å². The van der Waals surface area contributed by atoms with Crippen LogP contribution in [0.1, 0.15) is 44.2 Å². The molecule has 2 aromatic carbocycles. The van der Waals surface area contributed by atoms with Gasteiger partial charge in [0.1, 0.15) is 12.3 Å². The van der Waals surface area contributed by atoms with Crippen molar-refractivity contribution in [1.29, 1.82) is 0 Å². The first-order valence-corrected chi connectivity index (χ1v) is 11.2. The van der Waals surface area contributed by atoms with Gasteiger partial charge in [-0.2, -0.15) is 0 Å². The minimum Gasteiger partial charge on any atom is -0.497 e. The number of hydrogen-bond acceptors (Lipinski definition) is 4. The van der Waals surface area contributed by atoms with Gasteiger partial charge >= 0.3 is 5.69 Å². The largest absolute Gasteiger partial charge is 0.497 e. The van der Waals surface area contributed by atoms with Crippen molar-refractivity contribution in [2.45, 2.75) is 51.7 Å². The molecule has 7 heteroatoms. The summed E-state index contributed by atoms with van der Waals surface area (Å²) >= 11 is 0. The predicted molar refractivity (Wildman–Crippen MR) is 124 cm³/mol. The number of fused-ring (bicyclic) bond motifs is 1. The third-order valence-electron chi connectivity index (χ3n) is 6.32. The smallest absolute Gasteiger partial charge is 0.331 e. The number of methoxy groups -OCH3 is 1. The minimum atomic E-state index is -0.444. The van der Waals surface area contributed by atoms with Gasteiger partial charge in [0.05, 0.1) is 24.1 Å². The Morgan fingerprint density at radius 2 is 1.75 bits per heavy atom. The molecule has 1 saturated heterocycles. The van der Waals surface area contributed by atoms with Gasteiger partial charge in [0.25, 0.3) is 5.56 Å². The molecule has 32 heavy (non-hydrogen) atoms. The van der Waals surface area contributed by atoms with Gasteiger partial charge in [0.15, 0.2) is 0 Å². The van der Waals surface area contributed by atoms with E-state index in [2.05, 4.69) is 0 Å². The van der Waals surface area contributed by atoms with Gasteiger partial charge in [-0.3, -0.25) is 18.7 Å². The Hall–Kier alpha value is -3.35. The average molecular weight is 436 g/mol. The van der Waals surface area contributed by atoms with Gasteiger partial charge in [-0.05, 0) is 49.6 Å². The summed E-state index contributed by atoms with van der Waals surface area (Å²) in [6.45, 7) is 2.58. The van der Waals surface area contributed by atoms with E-state index in [4.69, 9.17) is 4.74 Å². The van der Waals surface area contributed by atoms with Crippen LogP contribution in [0, 0.1) is 0 Å². The summed E-state index contributed by atoms with van der Waals surface area (Å²) in [5.74, 6) is 0.668. The molecule has 1 aliphatic heterocycles. The summed E-state index contributed by atoms with van der Waals surface area (Å²) in [6.07, 6.45) is 3.93. The summed E-state index contributed by atoms with van der Waals surface area (Å²) in [5, 5.41) is 0.448. The summed E-state index contributed by atoms with van der Waals surface area (Å²) < 4.78 is 7.91. The first-order chi connectivity index (χ1) is 15.5. The SMILES string of the molecule is CCn1c(=O)c2ccccc2n(CC(=O)N2CCCCCC2c2ccc(OC)cc2)c1=O. The maximum absolute atomic E-state index is 13.6. The molecule has 3 aromatic rings. The van der Waals surface area contributed by atoms with Crippen molar-refractivity contribution in [3.05, 3.63) is 74.9 Å². The molecule has 1 unspecified atom stereocenters. The molecule has 1 atom stereocenters. The number of nitrogens with zero attached hydrogens (tertiary/aromatic N) is 3. The number of benzene rings is 2. The van der Waals surface area contributed by atoms with Crippen LogP contribution in [0.2, 0.25) is 0 Å². The number of carbonyl (C=O) groups is 1. The van der Waals surface area contributed by atoms with Crippen molar-refractivity contribution in [2.75, 3.05) is 13.7 Å². The van der Waals surface area contributed by atoms with Crippen LogP contribution in [0.25, 0.3) is 10.9 Å². The van der Waals surface area contributed by atoms with E-state index in [-0.39, 0.29) is 30.6 Å². The zero-order valence-electron chi connectivity index (χ0n) is 18.6. The van der Waals surface area contributed by atoms with E-state index < -0.39 is 5.69 Å². The normalized spacial score (nSPS) is 16.7. The van der Waals surface area contributed by atoms with Crippen molar-refractivity contribution >= 4 is 16.8 Å². The van der Waals surface area contributed by atoms with Gasteiger partial charge in [0.2, 0.25) is 5.91 Å². The summed E-state index contributed by atoms with van der Waals surface area (Å²) in [5.41, 5.74) is 0.802. The third kappa shape index (κ3) is 4.07. The number of carbonyl (C=O) groups excluding carboxylic acids is 1. The molecule has 0 spiro atoms. The van der Waals surface area contributed by atoms with Crippen LogP contribution in [0.3, 0.4) is 0 Å². The molecular weight excluding hydrogens is 406 g/mol. The highest BCUT2D eigenvalue weighted by atomic mass is 16.5. The van der Waals surface area contributed by atoms with E-state index in [1.807, 2.05) is 29.2 Å². The van der Waals surface area contributed by atoms with E-state index in [0.717, 1.165) is 37.0 Å². The van der Waals surface area contributed by atoms with Gasteiger partial charge in [-0.1, -0.05) is 37.1 Å². The lowest BCUT2D eigenvalue weighted by molar-refractivity contribution is -0.134. The molecule has 2 heterocycles. The standard InChI is InChI=1S/C25H29N3O4/c1-3-26-24(30)20-9-6-7-11-22(20)28(25(26)31)17-23(29)27-16-8-4-5-10-21(27)18-12-14-19(32-2)15-13-18/h6-7,9,11-15,21H,3-5,8,10,16-17H2,1-2H3. The molecule has 0 saturated carbocycles. The van der Waals surface area contributed by atoms with Crippen molar-refractivity contribution in [3.63, 3.8) is 0 Å². The fourth-order valence-corrected chi connectivity index (χ4v) is 4.61. The fourth-order valence-electron chi connectivity index (χ4n) is 4.61. The van der Waals surface area contributed by atoms with E-state index >= 15 is 0 Å². The first-order valence-electron chi connectivity index (χ1n) is 11.2. The molecule has 1 fully saturated rings. The molecular formula is C25H29N3O4. The van der Waals surface area contributed by atoms with Crippen LogP contribution >= 0.6 is 0 Å². The number of hydrogen-bond donors (Lipinski definition) is 0. The van der Waals surface area contributed by atoms with Gasteiger partial charge in [0, 0.05) is 13.1 Å². The van der Waals surface area contributed by atoms with Crippen molar-refractivity contribution < 1.29 is 9.53 Å². The third-order valence-corrected chi connectivity index (χ3v) is 6.32. The number of rotatable bonds is 5. The van der Waals surface area contributed by atoms with Crippen LogP contribution < -0.4 is 16.0 Å². The predicted octanol–water partition coefficient (Wildman–Crippen LogP) is 3.34.